The van der Waals surface area contributed by atoms with Crippen molar-refractivity contribution >= 4 is 58.5 Å². The van der Waals surface area contributed by atoms with E-state index in [4.69, 9.17) is 4.98 Å². The number of thioether (sulfide) groups is 2. The highest BCUT2D eigenvalue weighted by molar-refractivity contribution is 8.01. The van der Waals surface area contributed by atoms with E-state index < -0.39 is 10.5 Å². The highest BCUT2D eigenvalue weighted by atomic mass is 32.2. The van der Waals surface area contributed by atoms with Gasteiger partial charge < -0.3 is 20.4 Å². The topological polar surface area (TPSA) is 125 Å². The summed E-state index contributed by atoms with van der Waals surface area (Å²) in [5, 5.41) is 6.78. The third-order valence-electron chi connectivity index (χ3n) is 9.90. The quantitative estimate of drug-likeness (QED) is 0.387. The fourth-order valence-electron chi connectivity index (χ4n) is 7.18. The van der Waals surface area contributed by atoms with Crippen molar-refractivity contribution in [3.05, 3.63) is 36.2 Å². The summed E-state index contributed by atoms with van der Waals surface area (Å²) in [6, 6.07) is 7.69. The first-order chi connectivity index (χ1) is 22.3. The van der Waals surface area contributed by atoms with Gasteiger partial charge in [0, 0.05) is 57.8 Å². The van der Waals surface area contributed by atoms with Crippen LogP contribution < -0.4 is 20.4 Å². The van der Waals surface area contributed by atoms with E-state index in [1.165, 1.54) is 55.6 Å². The van der Waals surface area contributed by atoms with Crippen molar-refractivity contribution in [3.63, 3.8) is 0 Å². The van der Waals surface area contributed by atoms with Crippen LogP contribution in [0.4, 0.5) is 11.4 Å². The predicted octanol–water partition coefficient (Wildman–Crippen LogP) is 4.92. The van der Waals surface area contributed by atoms with Crippen molar-refractivity contribution in [1.82, 2.24) is 20.6 Å². The molecular weight excluding hydrogens is 621 g/mol. The molecule has 46 heavy (non-hydrogen) atoms. The van der Waals surface area contributed by atoms with Crippen LogP contribution in [0.1, 0.15) is 82.2 Å². The summed E-state index contributed by atoms with van der Waals surface area (Å²) in [4.78, 5) is 64.4. The Morgan fingerprint density at radius 2 is 1.39 bits per heavy atom. The number of amides is 4. The molecular formula is C34H44N6O4S2. The van der Waals surface area contributed by atoms with Crippen LogP contribution >= 0.6 is 23.5 Å². The summed E-state index contributed by atoms with van der Waals surface area (Å²) in [7, 11) is 3.50. The second-order valence-corrected chi connectivity index (χ2v) is 15.5. The third-order valence-corrected chi connectivity index (χ3v) is 12.3. The molecule has 12 heteroatoms. The number of nitrogens with one attached hydrogen (secondary N) is 2. The number of rotatable bonds is 9. The molecule has 10 nitrogen and oxygen atoms in total. The Kier molecular flexibility index (Phi) is 10.5. The first-order valence-electron chi connectivity index (χ1n) is 16.6. The van der Waals surface area contributed by atoms with Crippen molar-refractivity contribution in [1.29, 1.82) is 0 Å². The Hall–Kier alpha value is -3.12. The summed E-state index contributed by atoms with van der Waals surface area (Å²) in [5.74, 6) is 0.794. The molecule has 0 saturated heterocycles. The summed E-state index contributed by atoms with van der Waals surface area (Å²) in [6.07, 6.45) is 12.1. The Morgan fingerprint density at radius 1 is 0.783 bits per heavy atom. The first kappa shape index (κ1) is 32.8. The lowest BCUT2D eigenvalue weighted by Crippen LogP contribution is -2.42. The minimum Gasteiger partial charge on any atom is -0.356 e. The van der Waals surface area contributed by atoms with E-state index in [1.54, 1.807) is 30.1 Å². The molecule has 4 aliphatic rings. The average molecular weight is 665 g/mol. The van der Waals surface area contributed by atoms with Gasteiger partial charge in [0.15, 0.2) is 0 Å². The van der Waals surface area contributed by atoms with E-state index in [0.29, 0.717) is 24.9 Å². The average Bonchev–Trinajstić information content (AvgIpc) is 3.08. The van der Waals surface area contributed by atoms with Crippen LogP contribution in [0.25, 0.3) is 0 Å². The Morgan fingerprint density at radius 3 is 2.09 bits per heavy atom. The van der Waals surface area contributed by atoms with Gasteiger partial charge in [-0.2, -0.15) is 0 Å². The molecule has 0 aromatic carbocycles. The van der Waals surface area contributed by atoms with E-state index in [-0.39, 0.29) is 42.4 Å². The number of hydrogen-bond acceptors (Lipinski definition) is 8. The molecule has 2 N–H and O–H groups in total. The zero-order chi connectivity index (χ0) is 32.2. The molecule has 0 spiro atoms. The molecule has 2 aromatic heterocycles. The van der Waals surface area contributed by atoms with Crippen molar-refractivity contribution < 1.29 is 19.2 Å². The van der Waals surface area contributed by atoms with Gasteiger partial charge in [-0.05, 0) is 68.2 Å². The molecule has 4 atom stereocenters. The molecule has 0 radical (unpaired) electrons. The maximum atomic E-state index is 13.1. The first-order valence-corrected chi connectivity index (χ1v) is 18.4. The van der Waals surface area contributed by atoms with Crippen LogP contribution in [0.2, 0.25) is 0 Å². The minimum absolute atomic E-state index is 0.0613. The van der Waals surface area contributed by atoms with Crippen LogP contribution in [0, 0.1) is 11.8 Å². The Bertz CT molecular complexity index is 1470. The number of fused-ring (bicyclic) bond motifs is 2. The van der Waals surface area contributed by atoms with Crippen LogP contribution in [0.15, 0.2) is 40.5 Å². The van der Waals surface area contributed by atoms with E-state index in [2.05, 4.69) is 15.6 Å². The molecule has 2 aliphatic heterocycles. The molecule has 6 rings (SSSR count). The second kappa shape index (κ2) is 14.8. The number of hydrogen-bond donors (Lipinski definition) is 2. The van der Waals surface area contributed by atoms with E-state index in [9.17, 15) is 19.2 Å². The van der Waals surface area contributed by atoms with Gasteiger partial charge in [0.1, 0.15) is 10.1 Å². The largest absolute Gasteiger partial charge is 0.356 e. The number of carbonyl (C=O) groups is 4. The van der Waals surface area contributed by atoms with E-state index >= 15 is 0 Å². The molecule has 0 bridgehead atoms. The lowest BCUT2D eigenvalue weighted by molar-refractivity contribution is -0.125. The maximum absolute atomic E-state index is 13.1. The van der Waals surface area contributed by atoms with E-state index in [0.717, 1.165) is 52.8 Å². The molecule has 2 unspecified atom stereocenters. The van der Waals surface area contributed by atoms with Gasteiger partial charge in [-0.15, -0.1) is 0 Å². The monoisotopic (exact) mass is 664 g/mol. The summed E-state index contributed by atoms with van der Waals surface area (Å²) >= 11 is 2.77. The van der Waals surface area contributed by atoms with Gasteiger partial charge in [0.25, 0.3) is 0 Å². The highest BCUT2D eigenvalue weighted by Crippen LogP contribution is 2.42. The molecule has 2 fully saturated rings. The Balaban J connectivity index is 1.01. The predicted molar refractivity (Wildman–Crippen MR) is 181 cm³/mol. The normalized spacial score (nSPS) is 25.1. The summed E-state index contributed by atoms with van der Waals surface area (Å²) < 4.78 is 0. The number of anilines is 2. The SMILES string of the molecule is CN1C(=O)[C@H](CC(=O)NCC2CCCC(c3ccc4c(n3)S[C@H](CC(=O)NCC3CCCCC3)C(=O)N4C)C2)Sc2ncccc21. The molecule has 4 heterocycles. The number of pyridine rings is 2. The van der Waals surface area contributed by atoms with Gasteiger partial charge >= 0.3 is 0 Å². The molecule has 2 aliphatic carbocycles. The molecule has 4 amide bonds. The lowest BCUT2D eigenvalue weighted by atomic mass is 9.79. The van der Waals surface area contributed by atoms with Crippen LogP contribution in [0.5, 0.6) is 0 Å². The van der Waals surface area contributed by atoms with Gasteiger partial charge in [0.2, 0.25) is 23.6 Å². The number of carbonyl (C=O) groups excluding carboxylic acids is 4. The van der Waals surface area contributed by atoms with Crippen molar-refractivity contribution in [2.45, 2.75) is 97.1 Å². The third kappa shape index (κ3) is 7.54. The van der Waals surface area contributed by atoms with Gasteiger partial charge in [-0.1, -0.05) is 49.2 Å². The molecule has 2 aromatic rings. The number of aromatic nitrogens is 2. The lowest BCUT2D eigenvalue weighted by Gasteiger charge is -2.33. The van der Waals surface area contributed by atoms with Gasteiger partial charge in [-0.25, -0.2) is 9.97 Å². The van der Waals surface area contributed by atoms with Crippen molar-refractivity contribution in [2.75, 3.05) is 37.0 Å². The summed E-state index contributed by atoms with van der Waals surface area (Å²) in [6.45, 7) is 1.27. The van der Waals surface area contributed by atoms with Gasteiger partial charge in [0.05, 0.1) is 21.9 Å². The summed E-state index contributed by atoms with van der Waals surface area (Å²) in [5.41, 5.74) is 2.57. The zero-order valence-corrected chi connectivity index (χ0v) is 28.3. The van der Waals surface area contributed by atoms with Crippen LogP contribution in [-0.4, -0.2) is 71.3 Å². The van der Waals surface area contributed by atoms with Crippen molar-refractivity contribution in [2.24, 2.45) is 11.8 Å². The smallest absolute Gasteiger partial charge is 0.240 e. The van der Waals surface area contributed by atoms with Crippen molar-refractivity contribution in [3.8, 4) is 0 Å². The Labute approximate surface area is 279 Å². The fraction of sp³-hybridized carbons (Fsp3) is 0.588. The molecule has 2 saturated carbocycles. The standard InChI is InChI=1S/C34H44N6O4S2/c1-39-25-12-7-15-35-31(25)45-27(33(39)43)17-30(42)37-20-22-10-6-11-23(16-22)24-13-14-26-32(38-24)46-28(34(44)40(26)2)18-29(41)36-19-21-8-4-3-5-9-21/h7,12-15,21-23,27-28H,3-6,8-11,16-20H2,1-2H3,(H,36,41)(H,37,42)/t22?,23?,27-,28+/m0/s1. The fourth-order valence-corrected chi connectivity index (χ4v) is 9.63. The van der Waals surface area contributed by atoms with Gasteiger partial charge in [-0.3, -0.25) is 19.2 Å². The van der Waals surface area contributed by atoms with Crippen LogP contribution in [-0.2, 0) is 19.2 Å². The molecule has 246 valence electrons. The maximum Gasteiger partial charge on any atom is 0.240 e. The highest BCUT2D eigenvalue weighted by Gasteiger charge is 2.36. The van der Waals surface area contributed by atoms with E-state index in [1.807, 2.05) is 24.3 Å². The second-order valence-electron chi connectivity index (χ2n) is 13.1. The number of nitrogens with zero attached hydrogens (tertiary/aromatic N) is 4. The van der Waals surface area contributed by atoms with Crippen LogP contribution in [0.3, 0.4) is 0 Å². The minimum atomic E-state index is -0.487. The zero-order valence-electron chi connectivity index (χ0n) is 26.7.